The Balaban J connectivity index is 0.00000576. The Bertz CT molecular complexity index is 380. The standard InChI is InChI=1S/C18H36N4O2.HI/c1-4-5-13-24-14-7-10-20-18(19-3)21-11-9-17(23)22-12-6-8-16(2)15-22;/h16H,4-15H2,1-3H3,(H2,19,20,21);1H. The van der Waals surface area contributed by atoms with Gasteiger partial charge < -0.3 is 20.3 Å². The molecule has 0 aliphatic carbocycles. The topological polar surface area (TPSA) is 66.0 Å². The van der Waals surface area contributed by atoms with E-state index in [1.54, 1.807) is 7.05 Å². The van der Waals surface area contributed by atoms with Crippen molar-refractivity contribution in [3.63, 3.8) is 0 Å². The van der Waals surface area contributed by atoms with Gasteiger partial charge in [0.2, 0.25) is 5.91 Å². The van der Waals surface area contributed by atoms with Gasteiger partial charge in [-0.25, -0.2) is 0 Å². The number of hydrogen-bond acceptors (Lipinski definition) is 3. The van der Waals surface area contributed by atoms with Crippen LogP contribution in [-0.4, -0.2) is 63.2 Å². The lowest BCUT2D eigenvalue weighted by Crippen LogP contribution is -2.42. The van der Waals surface area contributed by atoms with E-state index in [-0.39, 0.29) is 29.9 Å². The molecule has 0 bridgehead atoms. The number of nitrogens with one attached hydrogen (secondary N) is 2. The summed E-state index contributed by atoms with van der Waals surface area (Å²) >= 11 is 0. The van der Waals surface area contributed by atoms with Gasteiger partial charge in [0, 0.05) is 52.9 Å². The molecule has 0 radical (unpaired) electrons. The summed E-state index contributed by atoms with van der Waals surface area (Å²) in [7, 11) is 1.75. The lowest BCUT2D eigenvalue weighted by molar-refractivity contribution is -0.132. The van der Waals surface area contributed by atoms with E-state index in [0.717, 1.165) is 58.1 Å². The average Bonchev–Trinajstić information content (AvgIpc) is 2.59. The Morgan fingerprint density at radius 1 is 1.24 bits per heavy atom. The van der Waals surface area contributed by atoms with Gasteiger partial charge in [-0.15, -0.1) is 24.0 Å². The molecule has 1 fully saturated rings. The molecular formula is C18H37IN4O2. The highest BCUT2D eigenvalue weighted by Gasteiger charge is 2.20. The van der Waals surface area contributed by atoms with Crippen molar-refractivity contribution < 1.29 is 9.53 Å². The van der Waals surface area contributed by atoms with Crippen molar-refractivity contribution in [2.45, 2.75) is 52.4 Å². The van der Waals surface area contributed by atoms with Gasteiger partial charge in [0.1, 0.15) is 0 Å². The minimum absolute atomic E-state index is 0. The summed E-state index contributed by atoms with van der Waals surface area (Å²) in [5.41, 5.74) is 0. The second-order valence-corrected chi connectivity index (χ2v) is 6.58. The third-order valence-corrected chi connectivity index (χ3v) is 4.26. The molecule has 25 heavy (non-hydrogen) atoms. The first-order valence-corrected chi connectivity index (χ1v) is 9.47. The molecule has 0 saturated carbocycles. The van der Waals surface area contributed by atoms with Crippen LogP contribution in [-0.2, 0) is 9.53 Å². The molecule has 0 aromatic heterocycles. The lowest BCUT2D eigenvalue weighted by atomic mass is 10.00. The van der Waals surface area contributed by atoms with Crippen molar-refractivity contribution in [1.82, 2.24) is 15.5 Å². The van der Waals surface area contributed by atoms with Gasteiger partial charge in [-0.1, -0.05) is 20.3 Å². The molecule has 1 aliphatic heterocycles. The van der Waals surface area contributed by atoms with Crippen molar-refractivity contribution in [2.24, 2.45) is 10.9 Å². The van der Waals surface area contributed by atoms with E-state index in [2.05, 4.69) is 29.5 Å². The van der Waals surface area contributed by atoms with Gasteiger partial charge in [-0.3, -0.25) is 9.79 Å². The van der Waals surface area contributed by atoms with Crippen molar-refractivity contribution in [3.8, 4) is 0 Å². The molecular weight excluding hydrogens is 431 g/mol. The number of ether oxygens (including phenoxy) is 1. The zero-order chi connectivity index (χ0) is 17.6. The number of unbranched alkanes of at least 4 members (excludes halogenated alkanes) is 1. The molecule has 148 valence electrons. The number of carbonyl (C=O) groups excluding carboxylic acids is 1. The predicted molar refractivity (Wildman–Crippen MR) is 115 cm³/mol. The number of likely N-dealkylation sites (tertiary alicyclic amines) is 1. The number of piperidine rings is 1. The third-order valence-electron chi connectivity index (χ3n) is 4.26. The van der Waals surface area contributed by atoms with Crippen LogP contribution in [0.1, 0.15) is 52.4 Å². The number of aliphatic imine (C=N–C) groups is 1. The van der Waals surface area contributed by atoms with Crippen LogP contribution < -0.4 is 10.6 Å². The van der Waals surface area contributed by atoms with Gasteiger partial charge in [-0.05, 0) is 31.6 Å². The molecule has 1 amide bonds. The van der Waals surface area contributed by atoms with Gasteiger partial charge in [-0.2, -0.15) is 0 Å². The summed E-state index contributed by atoms with van der Waals surface area (Å²) < 4.78 is 5.53. The summed E-state index contributed by atoms with van der Waals surface area (Å²) in [6.45, 7) is 9.26. The second-order valence-electron chi connectivity index (χ2n) is 6.58. The van der Waals surface area contributed by atoms with Gasteiger partial charge in [0.25, 0.3) is 0 Å². The van der Waals surface area contributed by atoms with Crippen molar-refractivity contribution >= 4 is 35.8 Å². The second kappa shape index (κ2) is 15.7. The summed E-state index contributed by atoms with van der Waals surface area (Å²) in [6, 6.07) is 0. The van der Waals surface area contributed by atoms with E-state index in [0.29, 0.717) is 18.9 Å². The SMILES string of the molecule is CCCCOCCCNC(=NC)NCCC(=O)N1CCCC(C)C1.I. The van der Waals surface area contributed by atoms with Crippen molar-refractivity contribution in [2.75, 3.05) is 46.4 Å². The highest BCUT2D eigenvalue weighted by atomic mass is 127. The number of amides is 1. The average molecular weight is 468 g/mol. The molecule has 1 heterocycles. The molecule has 1 atom stereocenters. The molecule has 1 aliphatic rings. The van der Waals surface area contributed by atoms with Gasteiger partial charge >= 0.3 is 0 Å². The summed E-state index contributed by atoms with van der Waals surface area (Å²) in [5, 5.41) is 6.47. The maximum Gasteiger partial charge on any atom is 0.224 e. The summed E-state index contributed by atoms with van der Waals surface area (Å²) in [6.07, 6.45) is 6.14. The van der Waals surface area contributed by atoms with Crippen molar-refractivity contribution in [1.29, 1.82) is 0 Å². The monoisotopic (exact) mass is 468 g/mol. The van der Waals surface area contributed by atoms with Crippen LogP contribution in [0.2, 0.25) is 0 Å². The fourth-order valence-corrected chi connectivity index (χ4v) is 2.81. The third kappa shape index (κ3) is 11.6. The molecule has 2 N–H and O–H groups in total. The Labute approximate surface area is 170 Å². The van der Waals surface area contributed by atoms with Crippen LogP contribution >= 0.6 is 24.0 Å². The number of hydrogen-bond donors (Lipinski definition) is 2. The zero-order valence-corrected chi connectivity index (χ0v) is 18.5. The zero-order valence-electron chi connectivity index (χ0n) is 16.2. The van der Waals surface area contributed by atoms with E-state index in [4.69, 9.17) is 4.74 Å². The number of carbonyl (C=O) groups is 1. The summed E-state index contributed by atoms with van der Waals surface area (Å²) in [5.74, 6) is 1.63. The minimum atomic E-state index is 0. The van der Waals surface area contributed by atoms with Crippen LogP contribution in [0.5, 0.6) is 0 Å². The van der Waals surface area contributed by atoms with Gasteiger partial charge in [0.15, 0.2) is 5.96 Å². The highest BCUT2D eigenvalue weighted by molar-refractivity contribution is 14.0. The number of nitrogens with zero attached hydrogens (tertiary/aromatic N) is 2. The quantitative estimate of drug-likeness (QED) is 0.224. The van der Waals surface area contributed by atoms with E-state index in [1.807, 2.05) is 4.90 Å². The maximum atomic E-state index is 12.2. The molecule has 6 nitrogen and oxygen atoms in total. The number of rotatable bonds is 10. The Morgan fingerprint density at radius 2 is 1.96 bits per heavy atom. The smallest absolute Gasteiger partial charge is 0.224 e. The van der Waals surface area contributed by atoms with E-state index in [1.165, 1.54) is 12.8 Å². The Kier molecular flexibility index (Phi) is 15.3. The Hall–Kier alpha value is -0.570. The van der Waals surface area contributed by atoms with Crippen LogP contribution in [0, 0.1) is 5.92 Å². The first-order chi connectivity index (χ1) is 11.7. The predicted octanol–water partition coefficient (Wildman–Crippen LogP) is 2.62. The Morgan fingerprint density at radius 3 is 2.64 bits per heavy atom. The largest absolute Gasteiger partial charge is 0.381 e. The van der Waals surface area contributed by atoms with E-state index < -0.39 is 0 Å². The number of halogens is 1. The van der Waals surface area contributed by atoms with E-state index >= 15 is 0 Å². The maximum absolute atomic E-state index is 12.2. The molecule has 0 aromatic carbocycles. The molecule has 0 aromatic rings. The van der Waals surface area contributed by atoms with Gasteiger partial charge in [0.05, 0.1) is 0 Å². The lowest BCUT2D eigenvalue weighted by Gasteiger charge is -2.31. The molecule has 1 unspecified atom stereocenters. The number of guanidine groups is 1. The minimum Gasteiger partial charge on any atom is -0.381 e. The van der Waals surface area contributed by atoms with Crippen LogP contribution in [0.25, 0.3) is 0 Å². The van der Waals surface area contributed by atoms with E-state index in [9.17, 15) is 4.79 Å². The fourth-order valence-electron chi connectivity index (χ4n) is 2.81. The molecule has 1 rings (SSSR count). The van der Waals surface area contributed by atoms with Crippen LogP contribution in [0.15, 0.2) is 4.99 Å². The molecule has 1 saturated heterocycles. The van der Waals surface area contributed by atoms with Crippen LogP contribution in [0.3, 0.4) is 0 Å². The molecule has 0 spiro atoms. The first-order valence-electron chi connectivity index (χ1n) is 9.47. The molecule has 7 heteroatoms. The van der Waals surface area contributed by atoms with Crippen molar-refractivity contribution in [3.05, 3.63) is 0 Å². The first kappa shape index (κ1) is 24.4. The normalized spacial score (nSPS) is 17.8. The fraction of sp³-hybridized carbons (Fsp3) is 0.889. The van der Waals surface area contributed by atoms with Crippen LogP contribution in [0.4, 0.5) is 0 Å². The summed E-state index contributed by atoms with van der Waals surface area (Å²) in [4.78, 5) is 18.4. The highest BCUT2D eigenvalue weighted by Crippen LogP contribution is 2.15.